The Balaban J connectivity index is 1.20. The molecule has 5 nitrogen and oxygen atoms in total. The van der Waals surface area contributed by atoms with Gasteiger partial charge in [0.2, 0.25) is 0 Å². The summed E-state index contributed by atoms with van der Waals surface area (Å²) in [4.78, 5) is 2.50. The first-order valence-corrected chi connectivity index (χ1v) is 13.6. The van der Waals surface area contributed by atoms with Crippen LogP contribution in [0.25, 0.3) is 21.9 Å². The summed E-state index contributed by atoms with van der Waals surface area (Å²) < 4.78 is 16.9. The molecule has 0 spiro atoms. The van der Waals surface area contributed by atoms with Gasteiger partial charge in [-0.3, -0.25) is 4.90 Å². The molecule has 5 rings (SSSR count). The van der Waals surface area contributed by atoms with Crippen LogP contribution in [0.4, 0.5) is 0 Å². The van der Waals surface area contributed by atoms with Crippen molar-refractivity contribution >= 4 is 10.8 Å². The molecule has 0 bridgehead atoms. The average Bonchev–Trinajstić information content (AvgIpc) is 2.98. The molecule has 4 aromatic carbocycles. The zero-order valence-electron chi connectivity index (χ0n) is 22.5. The zero-order chi connectivity index (χ0) is 26.2. The van der Waals surface area contributed by atoms with Crippen LogP contribution in [0.2, 0.25) is 0 Å². The molecule has 1 fully saturated rings. The first-order chi connectivity index (χ1) is 18.7. The maximum atomic E-state index is 5.99. The lowest BCUT2D eigenvalue weighted by Gasteiger charge is -2.26. The third-order valence-corrected chi connectivity index (χ3v) is 7.36. The summed E-state index contributed by atoms with van der Waals surface area (Å²) in [5, 5.41) is 5.98. The van der Waals surface area contributed by atoms with Gasteiger partial charge in [-0.2, -0.15) is 0 Å². The van der Waals surface area contributed by atoms with Crippen molar-refractivity contribution in [3.8, 4) is 28.4 Å². The van der Waals surface area contributed by atoms with E-state index in [1.54, 1.807) is 14.2 Å². The molecule has 1 aliphatic heterocycles. The van der Waals surface area contributed by atoms with Crippen molar-refractivity contribution in [2.75, 3.05) is 40.5 Å². The van der Waals surface area contributed by atoms with Crippen molar-refractivity contribution in [3.63, 3.8) is 0 Å². The topological polar surface area (TPSA) is 43.0 Å². The van der Waals surface area contributed by atoms with Crippen LogP contribution >= 0.6 is 0 Å². The predicted molar refractivity (Wildman–Crippen MR) is 155 cm³/mol. The summed E-state index contributed by atoms with van der Waals surface area (Å²) in [7, 11) is 3.41. The molecular formula is C33H38N2O3. The SMILES string of the molecule is COc1ccc(-c2ccc3cc(OC)ccc3c2)c(CNCc2ccc(OCCN3CCCCC3)cc2)c1. The number of fused-ring (bicyclic) bond motifs is 1. The van der Waals surface area contributed by atoms with E-state index in [1.165, 1.54) is 65.4 Å². The highest BCUT2D eigenvalue weighted by Gasteiger charge is 2.10. The van der Waals surface area contributed by atoms with E-state index >= 15 is 0 Å². The van der Waals surface area contributed by atoms with Gasteiger partial charge in [-0.25, -0.2) is 0 Å². The zero-order valence-corrected chi connectivity index (χ0v) is 22.5. The first-order valence-electron chi connectivity index (χ1n) is 13.6. The number of benzene rings is 4. The van der Waals surface area contributed by atoms with Crippen molar-refractivity contribution in [1.29, 1.82) is 0 Å². The minimum absolute atomic E-state index is 0.737. The molecule has 0 aromatic heterocycles. The molecule has 1 N–H and O–H groups in total. The van der Waals surface area contributed by atoms with Gasteiger partial charge in [0, 0.05) is 19.6 Å². The second kappa shape index (κ2) is 12.8. The van der Waals surface area contributed by atoms with E-state index < -0.39 is 0 Å². The fourth-order valence-electron chi connectivity index (χ4n) is 5.16. The number of nitrogens with zero attached hydrogens (tertiary/aromatic N) is 1. The third kappa shape index (κ3) is 6.66. The van der Waals surface area contributed by atoms with Gasteiger partial charge >= 0.3 is 0 Å². The second-order valence-corrected chi connectivity index (χ2v) is 9.95. The number of likely N-dealkylation sites (tertiary alicyclic amines) is 1. The Hall–Kier alpha value is -3.54. The van der Waals surface area contributed by atoms with Crippen LogP contribution < -0.4 is 19.5 Å². The summed E-state index contributed by atoms with van der Waals surface area (Å²) in [6.07, 6.45) is 4.00. The van der Waals surface area contributed by atoms with Crippen LogP contribution in [0.1, 0.15) is 30.4 Å². The summed E-state index contributed by atoms with van der Waals surface area (Å²) >= 11 is 0. The lowest BCUT2D eigenvalue weighted by Crippen LogP contribution is -2.33. The number of rotatable bonds is 11. The van der Waals surface area contributed by atoms with E-state index in [0.717, 1.165) is 43.5 Å². The molecule has 1 heterocycles. The molecule has 0 atom stereocenters. The molecule has 0 saturated carbocycles. The summed E-state index contributed by atoms with van der Waals surface area (Å²) in [5.74, 6) is 2.67. The molecule has 198 valence electrons. The van der Waals surface area contributed by atoms with Crippen LogP contribution in [0.3, 0.4) is 0 Å². The van der Waals surface area contributed by atoms with Crippen LogP contribution in [-0.4, -0.2) is 45.4 Å². The van der Waals surface area contributed by atoms with E-state index in [-0.39, 0.29) is 0 Å². The Kier molecular flexibility index (Phi) is 8.79. The number of hydrogen-bond acceptors (Lipinski definition) is 5. The van der Waals surface area contributed by atoms with Gasteiger partial charge in [-0.1, -0.05) is 42.8 Å². The lowest BCUT2D eigenvalue weighted by molar-refractivity contribution is 0.183. The van der Waals surface area contributed by atoms with Crippen molar-refractivity contribution in [3.05, 3.63) is 90.0 Å². The summed E-state index contributed by atoms with van der Waals surface area (Å²) in [6.45, 7) is 5.69. The van der Waals surface area contributed by atoms with Gasteiger partial charge < -0.3 is 19.5 Å². The fourth-order valence-corrected chi connectivity index (χ4v) is 5.16. The van der Waals surface area contributed by atoms with Gasteiger partial charge in [-0.15, -0.1) is 0 Å². The van der Waals surface area contributed by atoms with Gasteiger partial charge in [0.05, 0.1) is 14.2 Å². The molecule has 0 amide bonds. The summed E-state index contributed by atoms with van der Waals surface area (Å²) in [6, 6.07) is 27.5. The van der Waals surface area contributed by atoms with Gasteiger partial charge in [0.15, 0.2) is 0 Å². The molecule has 1 aliphatic rings. The van der Waals surface area contributed by atoms with Crippen LogP contribution in [0.5, 0.6) is 17.2 Å². The maximum Gasteiger partial charge on any atom is 0.119 e. The van der Waals surface area contributed by atoms with E-state index in [2.05, 4.69) is 76.9 Å². The minimum Gasteiger partial charge on any atom is -0.497 e. The highest BCUT2D eigenvalue weighted by Crippen LogP contribution is 2.31. The van der Waals surface area contributed by atoms with Crippen LogP contribution in [-0.2, 0) is 13.1 Å². The Morgan fingerprint density at radius 3 is 2.16 bits per heavy atom. The predicted octanol–water partition coefficient (Wildman–Crippen LogP) is 6.68. The molecule has 38 heavy (non-hydrogen) atoms. The molecule has 0 radical (unpaired) electrons. The smallest absolute Gasteiger partial charge is 0.119 e. The van der Waals surface area contributed by atoms with E-state index in [9.17, 15) is 0 Å². The normalized spacial score (nSPS) is 13.9. The molecule has 0 aliphatic carbocycles. The third-order valence-electron chi connectivity index (χ3n) is 7.36. The van der Waals surface area contributed by atoms with Crippen molar-refractivity contribution < 1.29 is 14.2 Å². The van der Waals surface area contributed by atoms with Gasteiger partial charge in [-0.05, 0) is 101 Å². The number of methoxy groups -OCH3 is 2. The van der Waals surface area contributed by atoms with E-state index in [1.807, 2.05) is 12.1 Å². The summed E-state index contributed by atoms with van der Waals surface area (Å²) in [5.41, 5.74) is 4.83. The van der Waals surface area contributed by atoms with Gasteiger partial charge in [0.25, 0.3) is 0 Å². The maximum absolute atomic E-state index is 5.99. The Morgan fingerprint density at radius 1 is 0.684 bits per heavy atom. The highest BCUT2D eigenvalue weighted by atomic mass is 16.5. The first kappa shape index (κ1) is 26.1. The molecule has 5 heteroatoms. The monoisotopic (exact) mass is 510 g/mol. The second-order valence-electron chi connectivity index (χ2n) is 9.95. The van der Waals surface area contributed by atoms with Crippen molar-refractivity contribution in [2.24, 2.45) is 0 Å². The lowest BCUT2D eigenvalue weighted by atomic mass is 9.96. The number of nitrogens with one attached hydrogen (secondary N) is 1. The standard InChI is InChI=1S/C33H38N2O3/c1-36-31-13-10-26-20-28(9-8-27(26)21-31)33-15-14-32(37-2)22-29(33)24-34-23-25-6-11-30(12-7-25)38-19-18-35-16-4-3-5-17-35/h6-15,20-22,34H,3-5,16-19,23-24H2,1-2H3. The van der Waals surface area contributed by atoms with Crippen LogP contribution in [0.15, 0.2) is 78.9 Å². The highest BCUT2D eigenvalue weighted by molar-refractivity contribution is 5.89. The average molecular weight is 511 g/mol. The quantitative estimate of drug-likeness (QED) is 0.244. The van der Waals surface area contributed by atoms with E-state index in [0.29, 0.717) is 0 Å². The molecular weight excluding hydrogens is 472 g/mol. The number of piperidine rings is 1. The Labute approximate surface area is 226 Å². The number of hydrogen-bond donors (Lipinski definition) is 1. The fraction of sp³-hybridized carbons (Fsp3) is 0.333. The van der Waals surface area contributed by atoms with E-state index in [4.69, 9.17) is 14.2 Å². The minimum atomic E-state index is 0.737. The van der Waals surface area contributed by atoms with Crippen molar-refractivity contribution in [1.82, 2.24) is 10.2 Å². The number of ether oxygens (including phenoxy) is 3. The van der Waals surface area contributed by atoms with Crippen molar-refractivity contribution in [2.45, 2.75) is 32.4 Å². The van der Waals surface area contributed by atoms with Gasteiger partial charge in [0.1, 0.15) is 23.9 Å². The molecule has 4 aromatic rings. The van der Waals surface area contributed by atoms with Crippen LogP contribution in [0, 0.1) is 0 Å². The molecule has 0 unspecified atom stereocenters. The largest absolute Gasteiger partial charge is 0.497 e. The Bertz CT molecular complexity index is 1330. The molecule has 1 saturated heterocycles. The Morgan fingerprint density at radius 2 is 1.37 bits per heavy atom.